The molecule has 0 aliphatic rings. The third-order valence-electron chi connectivity index (χ3n) is 20.3. The van der Waals surface area contributed by atoms with Crippen LogP contribution in [0.25, 0.3) is 163 Å². The molecule has 6 heteroatoms. The zero-order valence-electron chi connectivity index (χ0n) is 61.2. The summed E-state index contributed by atoms with van der Waals surface area (Å²) < 4.78 is 24.7. The van der Waals surface area contributed by atoms with E-state index in [1.165, 1.54) is 163 Å². The van der Waals surface area contributed by atoms with Crippen LogP contribution < -0.4 is 0 Å². The highest BCUT2D eigenvalue weighted by Crippen LogP contribution is 2.40. The van der Waals surface area contributed by atoms with E-state index in [0.717, 1.165) is 33.5 Å². The zero-order chi connectivity index (χ0) is 73.2. The van der Waals surface area contributed by atoms with Crippen LogP contribution in [0.5, 0.6) is 0 Å². The maximum atomic E-state index is 5.78. The molecule has 108 heavy (non-hydrogen) atoms. The van der Waals surface area contributed by atoms with Crippen molar-refractivity contribution in [1.29, 1.82) is 0 Å². The Morgan fingerprint density at radius 1 is 0.204 bits per heavy atom. The fourth-order valence-corrected chi connectivity index (χ4v) is 16.1. The van der Waals surface area contributed by atoms with E-state index < -0.39 is 0 Å². The van der Waals surface area contributed by atoms with E-state index in [-0.39, 0.29) is 0 Å². The number of fused-ring (bicyclic) bond motifs is 18. The van der Waals surface area contributed by atoms with Gasteiger partial charge in [0.2, 0.25) is 0 Å². The second-order valence-electron chi connectivity index (χ2n) is 27.9. The number of para-hydroxylation sites is 6. The van der Waals surface area contributed by atoms with Crippen molar-refractivity contribution in [1.82, 2.24) is 9.13 Å². The molecular weight excluding hydrogens is 1330 g/mol. The Morgan fingerprint density at radius 2 is 0.583 bits per heavy atom. The van der Waals surface area contributed by atoms with Crippen LogP contribution >= 0.6 is 11.3 Å². The van der Waals surface area contributed by atoms with Gasteiger partial charge in [-0.1, -0.05) is 265 Å². The molecule has 0 amide bonds. The average molecular weight is 1410 g/mol. The number of nitrogens with zero attached hydrogens (tertiary/aromatic N) is 2. The molecule has 5 nitrogen and oxygen atoms in total. The molecule has 16 aromatic carbocycles. The minimum atomic E-state index is 0.966. The molecule has 0 atom stereocenters. The first-order valence-corrected chi connectivity index (χ1v) is 37.7. The fourth-order valence-electron chi connectivity index (χ4n) is 15.0. The van der Waals surface area contributed by atoms with E-state index in [1.807, 2.05) is 72.0 Å². The normalized spacial score (nSPS) is 11.2. The van der Waals surface area contributed by atoms with E-state index in [2.05, 4.69) is 354 Å². The van der Waals surface area contributed by atoms with Crippen molar-refractivity contribution in [3.8, 4) is 33.6 Å². The molecule has 22 rings (SSSR count). The molecule has 0 aliphatic heterocycles. The number of aryl methyl sites for hydroxylation is 6. The van der Waals surface area contributed by atoms with Gasteiger partial charge in [-0.05, 0) is 196 Å². The fraction of sp³-hybridized carbons (Fsp3) is 0.0588. The van der Waals surface area contributed by atoms with Crippen molar-refractivity contribution >= 4 is 141 Å². The lowest BCUT2D eigenvalue weighted by atomic mass is 10.0. The van der Waals surface area contributed by atoms with Crippen LogP contribution in [0.4, 0.5) is 0 Å². The van der Waals surface area contributed by atoms with Gasteiger partial charge in [-0.25, -0.2) is 0 Å². The standard InChI is InChI=1S/2C25H19N.3C13H10O.C13H10S/c1-18-12-15-24-23(16-18)22-14-13-20(19-8-4-2-5-9-19)17-25(22)26(24)21-10-6-3-7-11-21;1-18-12-14-24-22(16-18)23-17-20(19-8-4-2-5-9-19)13-15-25(23)26(24)21-10-6-3-7-11-21;1-9-5-4-7-11-10-6-2-3-8-12(10)14-13(9)11;1-9-6-7-13-11(8-9)10-4-2-3-5-12(10)14-13;1-9-6-7-11-10-4-2-3-5-12(10)14-13(11)8-9;1-9-6-7-13-11(8-9)10-4-2-3-5-12(10)14-13/h2*2-17H,1H3;4*2-8H,1H3. The minimum Gasteiger partial charge on any atom is -0.456 e. The second kappa shape index (κ2) is 29.7. The molecule has 0 aliphatic carbocycles. The Kier molecular flexibility index (Phi) is 18.7. The third kappa shape index (κ3) is 13.6. The Bertz CT molecular complexity index is 6850. The number of rotatable bonds is 4. The molecule has 0 saturated heterocycles. The summed E-state index contributed by atoms with van der Waals surface area (Å²) in [6, 6.07) is 128. The molecule has 0 radical (unpaired) electrons. The molecule has 0 saturated carbocycles. The molecule has 22 aromatic rings. The van der Waals surface area contributed by atoms with Gasteiger partial charge in [0.1, 0.15) is 33.5 Å². The summed E-state index contributed by atoms with van der Waals surface area (Å²) in [5, 5.41) is 15.2. The maximum Gasteiger partial charge on any atom is 0.138 e. The van der Waals surface area contributed by atoms with Crippen LogP contribution in [0.1, 0.15) is 33.4 Å². The summed E-state index contributed by atoms with van der Waals surface area (Å²) in [5.74, 6) is 0. The molecule has 0 fully saturated rings. The Labute approximate surface area is 631 Å². The monoisotopic (exact) mass is 1410 g/mol. The van der Waals surface area contributed by atoms with Gasteiger partial charge >= 0.3 is 0 Å². The number of hydrogen-bond donors (Lipinski definition) is 0. The van der Waals surface area contributed by atoms with Crippen molar-refractivity contribution in [2.75, 3.05) is 0 Å². The molecule has 0 bridgehead atoms. The first-order chi connectivity index (χ1) is 53.0. The van der Waals surface area contributed by atoms with Crippen molar-refractivity contribution in [3.05, 3.63) is 397 Å². The lowest BCUT2D eigenvalue weighted by Gasteiger charge is -2.09. The zero-order valence-corrected chi connectivity index (χ0v) is 62.0. The van der Waals surface area contributed by atoms with Crippen LogP contribution in [-0.4, -0.2) is 9.13 Å². The van der Waals surface area contributed by atoms with Crippen molar-refractivity contribution in [2.24, 2.45) is 0 Å². The predicted octanol–water partition coefficient (Wildman–Crippen LogP) is 29.6. The molecule has 0 N–H and O–H groups in total. The lowest BCUT2D eigenvalue weighted by Crippen LogP contribution is -1.93. The molecule has 0 spiro atoms. The SMILES string of the molecule is Cc1ccc2c(c1)c1cc(-c3ccccc3)ccc1n2-c1ccccc1.Cc1ccc2c(c1)c1ccc(-c3ccccc3)cc1n2-c1ccccc1.Cc1ccc2c(c1)oc1ccccc12.Cc1ccc2oc3ccccc3c2c1.Cc1ccc2sc3ccccc3c2c1.Cc1cccc2c1oc1ccccc12. The Hall–Kier alpha value is -13.3. The van der Waals surface area contributed by atoms with E-state index in [0.29, 0.717) is 0 Å². The van der Waals surface area contributed by atoms with Gasteiger partial charge < -0.3 is 22.4 Å². The smallest absolute Gasteiger partial charge is 0.138 e. The van der Waals surface area contributed by atoms with Crippen molar-refractivity contribution in [3.63, 3.8) is 0 Å². The number of thiophene rings is 1. The van der Waals surface area contributed by atoms with E-state index >= 15 is 0 Å². The van der Waals surface area contributed by atoms with Gasteiger partial charge in [0.25, 0.3) is 0 Å². The summed E-state index contributed by atoms with van der Waals surface area (Å²) in [6.07, 6.45) is 0. The summed E-state index contributed by atoms with van der Waals surface area (Å²) in [6.45, 7) is 12.7. The van der Waals surface area contributed by atoms with Crippen LogP contribution in [0, 0.1) is 41.5 Å². The van der Waals surface area contributed by atoms with Gasteiger partial charge in [-0.2, -0.15) is 0 Å². The third-order valence-corrected chi connectivity index (χ3v) is 21.4. The average Bonchev–Trinajstić information content (AvgIpc) is 1.59. The Balaban J connectivity index is 0.0000000973. The van der Waals surface area contributed by atoms with Crippen molar-refractivity contribution < 1.29 is 13.3 Å². The van der Waals surface area contributed by atoms with Crippen LogP contribution in [-0.2, 0) is 0 Å². The summed E-state index contributed by atoms with van der Waals surface area (Å²) >= 11 is 1.87. The first kappa shape index (κ1) is 67.9. The minimum absolute atomic E-state index is 0.966. The predicted molar refractivity (Wildman–Crippen MR) is 461 cm³/mol. The summed E-state index contributed by atoms with van der Waals surface area (Å²) in [4.78, 5) is 0. The quantitative estimate of drug-likeness (QED) is 0.176. The van der Waals surface area contributed by atoms with E-state index in [4.69, 9.17) is 13.3 Å². The first-order valence-electron chi connectivity index (χ1n) is 36.8. The van der Waals surface area contributed by atoms with Crippen molar-refractivity contribution in [2.45, 2.75) is 41.5 Å². The van der Waals surface area contributed by atoms with Gasteiger partial charge in [-0.15, -0.1) is 11.3 Å². The summed E-state index contributed by atoms with van der Waals surface area (Å²) in [7, 11) is 0. The van der Waals surface area contributed by atoms with Crippen LogP contribution in [0.15, 0.2) is 377 Å². The summed E-state index contributed by atoms with van der Waals surface area (Å²) in [5.41, 5.74) is 25.9. The number of furan rings is 3. The molecule has 6 aromatic heterocycles. The van der Waals surface area contributed by atoms with Gasteiger partial charge in [0.15, 0.2) is 0 Å². The maximum absolute atomic E-state index is 5.78. The van der Waals surface area contributed by atoms with Gasteiger partial charge in [-0.3, -0.25) is 0 Å². The topological polar surface area (TPSA) is 49.3 Å². The van der Waals surface area contributed by atoms with E-state index in [9.17, 15) is 0 Å². The Morgan fingerprint density at radius 3 is 1.20 bits per heavy atom. The second-order valence-corrected chi connectivity index (χ2v) is 29.0. The molecule has 520 valence electrons. The molecule has 6 heterocycles. The van der Waals surface area contributed by atoms with Crippen LogP contribution in [0.3, 0.4) is 0 Å². The molecule has 0 unspecified atom stereocenters. The molecular formula is C102H78N2O3S. The van der Waals surface area contributed by atoms with Gasteiger partial charge in [0.05, 0.1) is 22.1 Å². The number of hydrogen-bond acceptors (Lipinski definition) is 4. The number of aromatic nitrogens is 2. The highest BCUT2D eigenvalue weighted by molar-refractivity contribution is 7.25. The number of benzene rings is 16. The lowest BCUT2D eigenvalue weighted by molar-refractivity contribution is 0.665. The van der Waals surface area contributed by atoms with Crippen LogP contribution in [0.2, 0.25) is 0 Å². The highest BCUT2D eigenvalue weighted by Gasteiger charge is 2.17. The highest BCUT2D eigenvalue weighted by atomic mass is 32.1. The largest absolute Gasteiger partial charge is 0.456 e. The van der Waals surface area contributed by atoms with Gasteiger partial charge in [0, 0.05) is 85.4 Å². The van der Waals surface area contributed by atoms with E-state index in [1.54, 1.807) is 0 Å².